The molecule has 116 valence electrons. The van der Waals surface area contributed by atoms with Crippen molar-refractivity contribution < 1.29 is 4.74 Å². The van der Waals surface area contributed by atoms with Crippen LogP contribution in [0.3, 0.4) is 0 Å². The average Bonchev–Trinajstić information content (AvgIpc) is 3.20. The van der Waals surface area contributed by atoms with E-state index in [1.165, 1.54) is 24.1 Å². The van der Waals surface area contributed by atoms with E-state index in [4.69, 9.17) is 9.84 Å². The van der Waals surface area contributed by atoms with Gasteiger partial charge in [0.2, 0.25) is 0 Å². The monoisotopic (exact) mass is 306 g/mol. The maximum atomic E-state index is 5.22. The van der Waals surface area contributed by atoms with Crippen LogP contribution in [0.15, 0.2) is 36.5 Å². The van der Waals surface area contributed by atoms with E-state index in [1.54, 1.807) is 7.11 Å². The van der Waals surface area contributed by atoms with E-state index < -0.39 is 0 Å². The van der Waals surface area contributed by atoms with Crippen LogP contribution in [0.4, 0.5) is 0 Å². The summed E-state index contributed by atoms with van der Waals surface area (Å²) >= 11 is 0. The third-order valence-corrected chi connectivity index (χ3v) is 5.06. The first kappa shape index (κ1) is 13.1. The number of rotatable bonds is 2. The van der Waals surface area contributed by atoms with E-state index in [1.807, 2.05) is 35.0 Å². The van der Waals surface area contributed by atoms with Crippen LogP contribution in [0.2, 0.25) is 0 Å². The molecule has 5 rings (SSSR count). The van der Waals surface area contributed by atoms with E-state index in [9.17, 15) is 0 Å². The molecule has 0 radical (unpaired) electrons. The van der Waals surface area contributed by atoms with Gasteiger partial charge in [0.1, 0.15) is 5.75 Å². The normalized spacial score (nSPS) is 22.3. The largest absolute Gasteiger partial charge is 0.497 e. The number of methoxy groups -OCH3 is 1. The van der Waals surface area contributed by atoms with Gasteiger partial charge >= 0.3 is 0 Å². The molecule has 0 saturated carbocycles. The van der Waals surface area contributed by atoms with Gasteiger partial charge in [-0.25, -0.2) is 9.50 Å². The Bertz CT molecular complexity index is 884. The molecule has 2 unspecified atom stereocenters. The van der Waals surface area contributed by atoms with Gasteiger partial charge in [0.15, 0.2) is 5.65 Å². The first-order valence-corrected chi connectivity index (χ1v) is 8.10. The van der Waals surface area contributed by atoms with Crippen molar-refractivity contribution in [3.8, 4) is 17.0 Å². The van der Waals surface area contributed by atoms with E-state index in [2.05, 4.69) is 16.4 Å². The molecule has 1 N–H and O–H groups in total. The summed E-state index contributed by atoms with van der Waals surface area (Å²) in [5.41, 5.74) is 5.61. The Kier molecular flexibility index (Phi) is 2.73. The minimum absolute atomic E-state index is 0.453. The Morgan fingerprint density at radius 1 is 1.22 bits per heavy atom. The van der Waals surface area contributed by atoms with Crippen molar-refractivity contribution in [2.75, 3.05) is 7.11 Å². The highest BCUT2D eigenvalue weighted by molar-refractivity contribution is 5.65. The molecule has 0 aliphatic carbocycles. The Labute approximate surface area is 134 Å². The zero-order valence-electron chi connectivity index (χ0n) is 13.0. The van der Waals surface area contributed by atoms with Crippen LogP contribution in [-0.2, 0) is 6.42 Å². The van der Waals surface area contributed by atoms with E-state index in [0.717, 1.165) is 29.1 Å². The SMILES string of the molecule is COc1ccc(-c2cc3ncc4c(n3n2)CC2CCC4N2)cc1. The molecule has 1 saturated heterocycles. The highest BCUT2D eigenvalue weighted by Crippen LogP contribution is 2.36. The summed E-state index contributed by atoms with van der Waals surface area (Å²) in [6.07, 6.45) is 5.52. The molecule has 5 heteroatoms. The molecule has 0 spiro atoms. The first-order chi connectivity index (χ1) is 11.3. The molecule has 2 aliphatic rings. The van der Waals surface area contributed by atoms with E-state index >= 15 is 0 Å². The standard InChI is InChI=1S/C18H18N4O/c1-23-13-5-2-11(3-6-13)16-9-18-19-10-14-15-7-4-12(20-15)8-17(14)22(18)21-16/h2-3,5-6,9-10,12,15,20H,4,7-8H2,1H3. The van der Waals surface area contributed by atoms with Crippen LogP contribution >= 0.6 is 0 Å². The molecule has 2 bridgehead atoms. The fourth-order valence-corrected chi connectivity index (χ4v) is 3.85. The molecule has 0 amide bonds. The van der Waals surface area contributed by atoms with Crippen molar-refractivity contribution in [1.82, 2.24) is 19.9 Å². The zero-order chi connectivity index (χ0) is 15.4. The third kappa shape index (κ3) is 1.96. The molecule has 4 heterocycles. The van der Waals surface area contributed by atoms with Crippen molar-refractivity contribution in [2.45, 2.75) is 31.3 Å². The van der Waals surface area contributed by atoms with E-state index in [0.29, 0.717) is 12.1 Å². The predicted octanol–water partition coefficient (Wildman–Crippen LogP) is 2.75. The molecular formula is C18H18N4O. The average molecular weight is 306 g/mol. The highest BCUT2D eigenvalue weighted by atomic mass is 16.5. The first-order valence-electron chi connectivity index (χ1n) is 8.10. The van der Waals surface area contributed by atoms with Crippen LogP contribution < -0.4 is 10.1 Å². The molecule has 2 aromatic heterocycles. The van der Waals surface area contributed by atoms with Crippen molar-refractivity contribution in [3.05, 3.63) is 47.8 Å². The highest BCUT2D eigenvalue weighted by Gasteiger charge is 2.34. The van der Waals surface area contributed by atoms with Gasteiger partial charge in [0.05, 0.1) is 18.5 Å². The summed E-state index contributed by atoms with van der Waals surface area (Å²) < 4.78 is 7.27. The second kappa shape index (κ2) is 4.80. The third-order valence-electron chi connectivity index (χ3n) is 5.06. The molecule has 23 heavy (non-hydrogen) atoms. The summed E-state index contributed by atoms with van der Waals surface area (Å²) in [5.74, 6) is 0.857. The number of hydrogen-bond donors (Lipinski definition) is 1. The molecule has 1 aromatic carbocycles. The Balaban J connectivity index is 1.63. The number of nitrogens with one attached hydrogen (secondary N) is 1. The van der Waals surface area contributed by atoms with Crippen molar-refractivity contribution in [3.63, 3.8) is 0 Å². The fourth-order valence-electron chi connectivity index (χ4n) is 3.85. The Hall–Kier alpha value is -2.40. The lowest BCUT2D eigenvalue weighted by Gasteiger charge is -2.24. The van der Waals surface area contributed by atoms with Crippen molar-refractivity contribution in [1.29, 1.82) is 0 Å². The quantitative estimate of drug-likeness (QED) is 0.791. The number of fused-ring (bicyclic) bond motifs is 6. The summed E-state index contributed by atoms with van der Waals surface area (Å²) in [6.45, 7) is 0. The Morgan fingerprint density at radius 3 is 2.91 bits per heavy atom. The van der Waals surface area contributed by atoms with Gasteiger partial charge in [0, 0.05) is 41.9 Å². The second-order valence-electron chi connectivity index (χ2n) is 6.39. The predicted molar refractivity (Wildman–Crippen MR) is 87.6 cm³/mol. The zero-order valence-corrected chi connectivity index (χ0v) is 13.0. The minimum atomic E-state index is 0.453. The summed E-state index contributed by atoms with van der Waals surface area (Å²) in [6, 6.07) is 11.1. The van der Waals surface area contributed by atoms with Gasteiger partial charge in [-0.1, -0.05) is 0 Å². The Morgan fingerprint density at radius 2 is 2.09 bits per heavy atom. The maximum absolute atomic E-state index is 5.22. The number of hydrogen-bond acceptors (Lipinski definition) is 4. The number of ether oxygens (including phenoxy) is 1. The van der Waals surface area contributed by atoms with Crippen LogP contribution in [0.1, 0.15) is 30.1 Å². The van der Waals surface area contributed by atoms with Gasteiger partial charge in [-0.2, -0.15) is 5.10 Å². The van der Waals surface area contributed by atoms with Gasteiger partial charge < -0.3 is 10.1 Å². The lowest BCUT2D eigenvalue weighted by molar-refractivity contribution is 0.415. The topological polar surface area (TPSA) is 51.5 Å². The smallest absolute Gasteiger partial charge is 0.155 e. The maximum Gasteiger partial charge on any atom is 0.155 e. The summed E-state index contributed by atoms with van der Waals surface area (Å²) in [5, 5.41) is 8.50. The summed E-state index contributed by atoms with van der Waals surface area (Å²) in [4.78, 5) is 4.63. The van der Waals surface area contributed by atoms with Crippen molar-refractivity contribution in [2.24, 2.45) is 0 Å². The fraction of sp³-hybridized carbons (Fsp3) is 0.333. The van der Waals surface area contributed by atoms with Crippen LogP contribution in [0, 0.1) is 0 Å². The molecule has 2 atom stereocenters. The number of benzene rings is 1. The molecular weight excluding hydrogens is 288 g/mol. The number of nitrogens with zero attached hydrogens (tertiary/aromatic N) is 3. The van der Waals surface area contributed by atoms with Gasteiger partial charge in [-0.05, 0) is 37.1 Å². The molecule has 3 aromatic rings. The van der Waals surface area contributed by atoms with Gasteiger partial charge in [-0.3, -0.25) is 0 Å². The molecule has 1 fully saturated rings. The lowest BCUT2D eigenvalue weighted by atomic mass is 10.0. The van der Waals surface area contributed by atoms with Crippen molar-refractivity contribution >= 4 is 5.65 Å². The lowest BCUT2D eigenvalue weighted by Crippen LogP contribution is -2.33. The second-order valence-corrected chi connectivity index (χ2v) is 6.39. The molecule has 2 aliphatic heterocycles. The van der Waals surface area contributed by atoms with E-state index in [-0.39, 0.29) is 0 Å². The summed E-state index contributed by atoms with van der Waals surface area (Å²) in [7, 11) is 1.68. The minimum Gasteiger partial charge on any atom is -0.497 e. The van der Waals surface area contributed by atoms with Crippen LogP contribution in [0.25, 0.3) is 16.9 Å². The number of aromatic nitrogens is 3. The van der Waals surface area contributed by atoms with Crippen LogP contribution in [-0.4, -0.2) is 27.7 Å². The molecule has 5 nitrogen and oxygen atoms in total. The van der Waals surface area contributed by atoms with Gasteiger partial charge in [-0.15, -0.1) is 0 Å². The van der Waals surface area contributed by atoms with Crippen LogP contribution in [0.5, 0.6) is 5.75 Å². The van der Waals surface area contributed by atoms with Gasteiger partial charge in [0.25, 0.3) is 0 Å².